The van der Waals surface area contributed by atoms with E-state index in [2.05, 4.69) is 16.4 Å². The van der Waals surface area contributed by atoms with E-state index in [1.165, 1.54) is 10.9 Å². The molecule has 28 heavy (non-hydrogen) atoms. The lowest BCUT2D eigenvalue weighted by molar-refractivity contribution is -0.156. The molecule has 1 aliphatic rings. The first-order valence-electron chi connectivity index (χ1n) is 9.80. The quantitative estimate of drug-likeness (QED) is 0.583. The fourth-order valence-corrected chi connectivity index (χ4v) is 3.36. The molecule has 5 heteroatoms. The van der Waals surface area contributed by atoms with Crippen LogP contribution in [0.1, 0.15) is 42.9 Å². The van der Waals surface area contributed by atoms with Gasteiger partial charge in [0.05, 0.1) is 0 Å². The zero-order valence-corrected chi connectivity index (χ0v) is 15.7. The largest absolute Gasteiger partial charge is 0.447 e. The number of hydrogen-bond acceptors (Lipinski definition) is 3. The Morgan fingerprint density at radius 2 is 1.82 bits per heavy atom. The van der Waals surface area contributed by atoms with Crippen LogP contribution in [0, 0.1) is 0 Å². The Kier molecular flexibility index (Phi) is 5.42. The van der Waals surface area contributed by atoms with E-state index in [0.29, 0.717) is 12.0 Å². The SMILES string of the molecule is O=C(CCCc1c[nH]c2ccccc12)O[C@@H](C(=O)NC1CC1)c1ccccc1. The van der Waals surface area contributed by atoms with E-state index in [4.69, 9.17) is 4.74 Å². The highest BCUT2D eigenvalue weighted by Crippen LogP contribution is 2.24. The molecule has 1 amide bonds. The summed E-state index contributed by atoms with van der Waals surface area (Å²) < 4.78 is 5.58. The standard InChI is InChI=1S/C23H24N2O3/c26-21(12-6-9-17-15-24-20-11-5-4-10-19(17)20)28-22(16-7-2-1-3-8-16)23(27)25-18-13-14-18/h1-5,7-8,10-11,15,18,22,24H,6,9,12-14H2,(H,25,27)/t22-/m1/s1. The van der Waals surface area contributed by atoms with Crippen LogP contribution < -0.4 is 5.32 Å². The fraction of sp³-hybridized carbons (Fsp3) is 0.304. The van der Waals surface area contributed by atoms with E-state index in [1.54, 1.807) is 0 Å². The van der Waals surface area contributed by atoms with Crippen molar-refractivity contribution in [3.05, 3.63) is 71.9 Å². The molecular formula is C23H24N2O3. The molecule has 3 aromatic rings. The molecule has 144 valence electrons. The van der Waals surface area contributed by atoms with Crippen LogP contribution in [-0.2, 0) is 20.7 Å². The number of amides is 1. The molecule has 0 aliphatic heterocycles. The average Bonchev–Trinajstić information content (AvgIpc) is 3.44. The first-order chi connectivity index (χ1) is 13.7. The second kappa shape index (κ2) is 8.30. The summed E-state index contributed by atoms with van der Waals surface area (Å²) in [4.78, 5) is 28.2. The number of carbonyl (C=O) groups is 2. The highest BCUT2D eigenvalue weighted by Gasteiger charge is 2.30. The number of rotatable bonds is 8. The second-order valence-corrected chi connectivity index (χ2v) is 7.28. The molecule has 0 saturated heterocycles. The zero-order valence-electron chi connectivity index (χ0n) is 15.7. The molecule has 0 unspecified atom stereocenters. The number of ether oxygens (including phenoxy) is 1. The molecule has 1 aliphatic carbocycles. The summed E-state index contributed by atoms with van der Waals surface area (Å²) in [6.07, 6.45) is 4.82. The van der Waals surface area contributed by atoms with E-state index in [-0.39, 0.29) is 24.3 Å². The molecular weight excluding hydrogens is 352 g/mol. The van der Waals surface area contributed by atoms with Crippen LogP contribution in [0.15, 0.2) is 60.8 Å². The molecule has 0 bridgehead atoms. The average molecular weight is 376 g/mol. The number of aromatic nitrogens is 1. The predicted octanol–water partition coefficient (Wildman–Crippen LogP) is 4.05. The van der Waals surface area contributed by atoms with Gasteiger partial charge in [-0.1, -0.05) is 48.5 Å². The fourth-order valence-electron chi connectivity index (χ4n) is 3.36. The van der Waals surface area contributed by atoms with Gasteiger partial charge in [-0.05, 0) is 37.3 Å². The van der Waals surface area contributed by atoms with E-state index in [1.807, 2.05) is 54.7 Å². The van der Waals surface area contributed by atoms with Crippen molar-refractivity contribution in [2.75, 3.05) is 0 Å². The third-order valence-corrected chi connectivity index (χ3v) is 5.02. The lowest BCUT2D eigenvalue weighted by Crippen LogP contribution is -2.33. The van der Waals surface area contributed by atoms with Crippen LogP contribution in [0.25, 0.3) is 10.9 Å². The highest BCUT2D eigenvalue weighted by molar-refractivity contribution is 5.85. The van der Waals surface area contributed by atoms with Crippen LogP contribution >= 0.6 is 0 Å². The van der Waals surface area contributed by atoms with Crippen LogP contribution in [0.4, 0.5) is 0 Å². The minimum Gasteiger partial charge on any atom is -0.447 e. The van der Waals surface area contributed by atoms with Gasteiger partial charge in [0.15, 0.2) is 0 Å². The Bertz CT molecular complexity index is 960. The van der Waals surface area contributed by atoms with Crippen LogP contribution in [0.5, 0.6) is 0 Å². The number of H-pyrrole nitrogens is 1. The molecule has 4 rings (SSSR count). The molecule has 1 heterocycles. The van der Waals surface area contributed by atoms with Gasteiger partial charge in [-0.25, -0.2) is 0 Å². The summed E-state index contributed by atoms with van der Waals surface area (Å²) in [6.45, 7) is 0. The van der Waals surface area contributed by atoms with Gasteiger partial charge < -0.3 is 15.0 Å². The van der Waals surface area contributed by atoms with Crippen molar-refractivity contribution in [3.63, 3.8) is 0 Å². The maximum absolute atomic E-state index is 12.5. The normalized spacial score (nSPS) is 14.6. The monoisotopic (exact) mass is 376 g/mol. The van der Waals surface area contributed by atoms with Crippen molar-refractivity contribution < 1.29 is 14.3 Å². The van der Waals surface area contributed by atoms with Crippen molar-refractivity contribution in [1.82, 2.24) is 10.3 Å². The van der Waals surface area contributed by atoms with Crippen LogP contribution in [0.2, 0.25) is 0 Å². The molecule has 0 radical (unpaired) electrons. The summed E-state index contributed by atoms with van der Waals surface area (Å²) in [6, 6.07) is 17.5. The molecule has 2 aromatic carbocycles. The van der Waals surface area contributed by atoms with E-state index in [0.717, 1.165) is 24.8 Å². The predicted molar refractivity (Wildman–Crippen MR) is 108 cm³/mol. The first kappa shape index (κ1) is 18.3. The van der Waals surface area contributed by atoms with E-state index in [9.17, 15) is 9.59 Å². The summed E-state index contributed by atoms with van der Waals surface area (Å²) in [5.74, 6) is -0.585. The molecule has 1 fully saturated rings. The molecule has 2 N–H and O–H groups in total. The zero-order chi connectivity index (χ0) is 19.3. The van der Waals surface area contributed by atoms with Gasteiger partial charge in [0.1, 0.15) is 0 Å². The number of fused-ring (bicyclic) bond motifs is 1. The number of hydrogen-bond donors (Lipinski definition) is 2. The summed E-state index contributed by atoms with van der Waals surface area (Å²) in [5, 5.41) is 4.12. The summed E-state index contributed by atoms with van der Waals surface area (Å²) in [7, 11) is 0. The van der Waals surface area contributed by atoms with E-state index < -0.39 is 6.10 Å². The molecule has 5 nitrogen and oxygen atoms in total. The van der Waals surface area contributed by atoms with Gasteiger partial charge in [0.2, 0.25) is 6.10 Å². The first-order valence-corrected chi connectivity index (χ1v) is 9.80. The third-order valence-electron chi connectivity index (χ3n) is 5.02. The van der Waals surface area contributed by atoms with Crippen molar-refractivity contribution in [3.8, 4) is 0 Å². The summed E-state index contributed by atoms with van der Waals surface area (Å²) >= 11 is 0. The number of esters is 1. The van der Waals surface area contributed by atoms with Crippen molar-refractivity contribution in [2.45, 2.75) is 44.2 Å². The Morgan fingerprint density at radius 1 is 1.07 bits per heavy atom. The maximum Gasteiger partial charge on any atom is 0.306 e. The Hall–Kier alpha value is -3.08. The number of benzene rings is 2. The molecule has 1 atom stereocenters. The van der Waals surface area contributed by atoms with Gasteiger partial charge in [-0.3, -0.25) is 9.59 Å². The number of para-hydroxylation sites is 1. The van der Waals surface area contributed by atoms with Crippen LogP contribution in [0.3, 0.4) is 0 Å². The topological polar surface area (TPSA) is 71.2 Å². The molecule has 1 aromatic heterocycles. The third kappa shape index (κ3) is 4.42. The highest BCUT2D eigenvalue weighted by atomic mass is 16.5. The molecule has 0 spiro atoms. The van der Waals surface area contributed by atoms with Crippen molar-refractivity contribution in [1.29, 1.82) is 0 Å². The van der Waals surface area contributed by atoms with Crippen LogP contribution in [-0.4, -0.2) is 22.9 Å². The number of nitrogens with one attached hydrogen (secondary N) is 2. The Morgan fingerprint density at radius 3 is 2.61 bits per heavy atom. The number of aryl methyl sites for hydroxylation is 1. The second-order valence-electron chi connectivity index (χ2n) is 7.28. The Balaban J connectivity index is 1.35. The minimum atomic E-state index is -0.887. The van der Waals surface area contributed by atoms with Gasteiger partial charge in [-0.2, -0.15) is 0 Å². The summed E-state index contributed by atoms with van der Waals surface area (Å²) in [5.41, 5.74) is 2.99. The van der Waals surface area contributed by atoms with Gasteiger partial charge in [0, 0.05) is 35.1 Å². The molecule has 1 saturated carbocycles. The van der Waals surface area contributed by atoms with E-state index >= 15 is 0 Å². The number of carbonyl (C=O) groups excluding carboxylic acids is 2. The lowest BCUT2D eigenvalue weighted by Gasteiger charge is -2.18. The van der Waals surface area contributed by atoms with Gasteiger partial charge in [-0.15, -0.1) is 0 Å². The Labute approximate surface area is 164 Å². The van der Waals surface area contributed by atoms with Crippen molar-refractivity contribution >= 4 is 22.8 Å². The minimum absolute atomic E-state index is 0.222. The van der Waals surface area contributed by atoms with Gasteiger partial charge >= 0.3 is 5.97 Å². The maximum atomic E-state index is 12.5. The smallest absolute Gasteiger partial charge is 0.306 e. The van der Waals surface area contributed by atoms with Gasteiger partial charge in [0.25, 0.3) is 5.91 Å². The van der Waals surface area contributed by atoms with Crippen molar-refractivity contribution in [2.24, 2.45) is 0 Å². The number of aromatic amines is 1. The lowest BCUT2D eigenvalue weighted by atomic mass is 10.1.